The van der Waals surface area contributed by atoms with Crippen LogP contribution in [0.2, 0.25) is 0 Å². The predicted octanol–water partition coefficient (Wildman–Crippen LogP) is 6.63. The molecule has 0 spiro atoms. The van der Waals surface area contributed by atoms with Crippen molar-refractivity contribution in [3.63, 3.8) is 0 Å². The number of hydrogen-bond acceptors (Lipinski definition) is 5. The van der Waals surface area contributed by atoms with Gasteiger partial charge >= 0.3 is 0 Å². The Morgan fingerprint density at radius 3 is 2.54 bits per heavy atom. The highest BCUT2D eigenvalue weighted by Gasteiger charge is 2.11. The molecule has 1 amide bonds. The molecule has 1 aromatic heterocycles. The molecule has 7 heteroatoms. The van der Waals surface area contributed by atoms with Crippen LogP contribution in [0.5, 0.6) is 17.2 Å². The van der Waals surface area contributed by atoms with Gasteiger partial charge in [-0.2, -0.15) is 0 Å². The average Bonchev–Trinajstić information content (AvgIpc) is 3.35. The van der Waals surface area contributed by atoms with Crippen molar-refractivity contribution in [1.29, 1.82) is 0 Å². The van der Waals surface area contributed by atoms with Crippen molar-refractivity contribution in [2.45, 2.75) is 52.0 Å². The van der Waals surface area contributed by atoms with Crippen molar-refractivity contribution in [3.05, 3.63) is 89.8 Å². The second-order valence-electron chi connectivity index (χ2n) is 9.97. The molecule has 3 aromatic carbocycles. The van der Waals surface area contributed by atoms with Crippen LogP contribution in [0.4, 0.5) is 0 Å². The Morgan fingerprint density at radius 1 is 0.927 bits per heavy atom. The van der Waals surface area contributed by atoms with Crippen LogP contribution in [0.25, 0.3) is 17.1 Å². The SMILES string of the molecule is C/C=C/c1ccc(OCCCn2c(CCCCCNC(=O)Cc3ccc(OC)cc3)nc3ccccc32)c(OC)c1. The first-order valence-corrected chi connectivity index (χ1v) is 14.4. The smallest absolute Gasteiger partial charge is 0.224 e. The number of allylic oxidation sites excluding steroid dienone is 1. The quantitative estimate of drug-likeness (QED) is 0.157. The Balaban J connectivity index is 1.23. The third kappa shape index (κ3) is 8.61. The first-order valence-electron chi connectivity index (χ1n) is 14.4. The molecule has 0 unspecified atom stereocenters. The van der Waals surface area contributed by atoms with E-state index in [0.717, 1.165) is 83.9 Å². The number of nitrogens with one attached hydrogen (secondary N) is 1. The molecule has 0 aliphatic heterocycles. The molecule has 7 nitrogen and oxygen atoms in total. The number of para-hydroxylation sites is 2. The van der Waals surface area contributed by atoms with Gasteiger partial charge in [-0.25, -0.2) is 4.98 Å². The van der Waals surface area contributed by atoms with E-state index in [4.69, 9.17) is 19.2 Å². The third-order valence-electron chi connectivity index (χ3n) is 6.99. The highest BCUT2D eigenvalue weighted by Crippen LogP contribution is 2.29. The maximum absolute atomic E-state index is 12.3. The number of rotatable bonds is 16. The van der Waals surface area contributed by atoms with Crippen LogP contribution in [-0.4, -0.2) is 42.8 Å². The van der Waals surface area contributed by atoms with Gasteiger partial charge in [-0.1, -0.05) is 48.9 Å². The fraction of sp³-hybridized carbons (Fsp3) is 0.353. The van der Waals surface area contributed by atoms with Crippen molar-refractivity contribution in [3.8, 4) is 17.2 Å². The number of imidazole rings is 1. The molecule has 0 atom stereocenters. The van der Waals surface area contributed by atoms with E-state index in [-0.39, 0.29) is 5.91 Å². The Morgan fingerprint density at radius 2 is 1.76 bits per heavy atom. The molecule has 0 aliphatic carbocycles. The summed E-state index contributed by atoms with van der Waals surface area (Å²) in [6.45, 7) is 4.09. The van der Waals surface area contributed by atoms with E-state index >= 15 is 0 Å². The van der Waals surface area contributed by atoms with Crippen LogP contribution in [0.3, 0.4) is 0 Å². The summed E-state index contributed by atoms with van der Waals surface area (Å²) in [4.78, 5) is 17.2. The minimum Gasteiger partial charge on any atom is -0.497 e. The number of benzene rings is 3. The Labute approximate surface area is 243 Å². The lowest BCUT2D eigenvalue weighted by Crippen LogP contribution is -2.26. The van der Waals surface area contributed by atoms with E-state index < -0.39 is 0 Å². The van der Waals surface area contributed by atoms with Crippen molar-refractivity contribution >= 4 is 23.0 Å². The first kappa shape index (κ1) is 29.7. The second kappa shape index (κ2) is 15.5. The molecule has 1 N–H and O–H groups in total. The Bertz CT molecular complexity index is 1430. The number of amides is 1. The molecule has 41 heavy (non-hydrogen) atoms. The van der Waals surface area contributed by atoms with Gasteiger partial charge < -0.3 is 24.1 Å². The number of methoxy groups -OCH3 is 2. The molecule has 0 aliphatic rings. The van der Waals surface area contributed by atoms with Crippen LogP contribution in [0.15, 0.2) is 72.8 Å². The molecule has 0 radical (unpaired) electrons. The largest absolute Gasteiger partial charge is 0.497 e. The number of carbonyl (C=O) groups excluding carboxylic acids is 1. The predicted molar refractivity (Wildman–Crippen MR) is 165 cm³/mol. The summed E-state index contributed by atoms with van der Waals surface area (Å²) >= 11 is 0. The Hall–Kier alpha value is -4.26. The van der Waals surface area contributed by atoms with Crippen molar-refractivity contribution in [1.82, 2.24) is 14.9 Å². The highest BCUT2D eigenvalue weighted by atomic mass is 16.5. The maximum Gasteiger partial charge on any atom is 0.224 e. The zero-order chi connectivity index (χ0) is 28.9. The number of unbranched alkanes of at least 4 members (excludes halogenated alkanes) is 2. The molecule has 0 bridgehead atoms. The number of aryl methyl sites for hydroxylation is 2. The summed E-state index contributed by atoms with van der Waals surface area (Å²) in [6, 6.07) is 21.9. The van der Waals surface area contributed by atoms with Gasteiger partial charge in [-0.15, -0.1) is 0 Å². The van der Waals surface area contributed by atoms with Gasteiger partial charge in [0.05, 0.1) is 38.3 Å². The molecule has 4 aromatic rings. The van der Waals surface area contributed by atoms with E-state index in [2.05, 4.69) is 28.1 Å². The fourth-order valence-electron chi connectivity index (χ4n) is 4.87. The summed E-state index contributed by atoms with van der Waals surface area (Å²) in [7, 11) is 3.31. The van der Waals surface area contributed by atoms with Crippen LogP contribution in [0, 0.1) is 0 Å². The van der Waals surface area contributed by atoms with E-state index in [1.54, 1.807) is 14.2 Å². The fourth-order valence-corrected chi connectivity index (χ4v) is 4.87. The summed E-state index contributed by atoms with van der Waals surface area (Å²) in [5.41, 5.74) is 4.24. The summed E-state index contributed by atoms with van der Waals surface area (Å²) in [6.07, 6.45) is 9.16. The Kier molecular flexibility index (Phi) is 11.2. The summed E-state index contributed by atoms with van der Waals surface area (Å²) < 4.78 is 19.1. The van der Waals surface area contributed by atoms with E-state index in [0.29, 0.717) is 19.6 Å². The van der Waals surface area contributed by atoms with E-state index in [9.17, 15) is 4.79 Å². The number of nitrogens with zero attached hydrogens (tertiary/aromatic N) is 2. The van der Waals surface area contributed by atoms with Crippen molar-refractivity contribution in [2.24, 2.45) is 0 Å². The van der Waals surface area contributed by atoms with Gasteiger partial charge in [0.25, 0.3) is 0 Å². The zero-order valence-electron chi connectivity index (χ0n) is 24.4. The zero-order valence-corrected chi connectivity index (χ0v) is 24.4. The number of fused-ring (bicyclic) bond motifs is 1. The number of hydrogen-bond donors (Lipinski definition) is 1. The lowest BCUT2D eigenvalue weighted by molar-refractivity contribution is -0.120. The topological polar surface area (TPSA) is 74.6 Å². The van der Waals surface area contributed by atoms with Gasteiger partial charge in [0.2, 0.25) is 5.91 Å². The standard InChI is InChI=1S/C34H41N3O4/c1-4-11-26-17-20-31(32(24-26)40-3)41-23-10-22-37-30-13-8-7-12-29(30)36-33(37)14-6-5-9-21-35-34(38)25-27-15-18-28(39-2)19-16-27/h4,7-8,11-13,15-20,24H,5-6,9-10,14,21-23,25H2,1-3H3,(H,35,38)/b11-4+. The molecule has 0 saturated carbocycles. The minimum absolute atomic E-state index is 0.0468. The molecule has 0 saturated heterocycles. The molecular formula is C34H41N3O4. The van der Waals surface area contributed by atoms with Crippen LogP contribution < -0.4 is 19.5 Å². The van der Waals surface area contributed by atoms with Crippen LogP contribution >= 0.6 is 0 Å². The highest BCUT2D eigenvalue weighted by molar-refractivity contribution is 5.78. The van der Waals surface area contributed by atoms with Crippen molar-refractivity contribution < 1.29 is 19.0 Å². The minimum atomic E-state index is 0.0468. The molecule has 216 valence electrons. The number of ether oxygens (including phenoxy) is 3. The maximum atomic E-state index is 12.3. The molecule has 4 rings (SSSR count). The van der Waals surface area contributed by atoms with Gasteiger partial charge in [-0.05, 0) is 73.7 Å². The van der Waals surface area contributed by atoms with Gasteiger partial charge in [0.1, 0.15) is 11.6 Å². The van der Waals surface area contributed by atoms with Gasteiger partial charge in [-0.3, -0.25) is 4.79 Å². The lowest BCUT2D eigenvalue weighted by Gasteiger charge is -2.13. The summed E-state index contributed by atoms with van der Waals surface area (Å²) in [5, 5.41) is 3.04. The molecule has 0 fully saturated rings. The van der Waals surface area contributed by atoms with E-state index in [1.165, 1.54) is 0 Å². The second-order valence-corrected chi connectivity index (χ2v) is 9.97. The monoisotopic (exact) mass is 555 g/mol. The normalized spacial score (nSPS) is 11.2. The number of aromatic nitrogens is 2. The van der Waals surface area contributed by atoms with Crippen LogP contribution in [0.1, 0.15) is 49.6 Å². The van der Waals surface area contributed by atoms with Crippen LogP contribution in [-0.2, 0) is 24.2 Å². The van der Waals surface area contributed by atoms with Gasteiger partial charge in [0.15, 0.2) is 11.5 Å². The molecular weight excluding hydrogens is 514 g/mol. The van der Waals surface area contributed by atoms with Gasteiger partial charge in [0, 0.05) is 19.5 Å². The van der Waals surface area contributed by atoms with E-state index in [1.807, 2.05) is 67.6 Å². The third-order valence-corrected chi connectivity index (χ3v) is 6.99. The summed E-state index contributed by atoms with van der Waals surface area (Å²) in [5.74, 6) is 3.44. The number of carbonyl (C=O) groups is 1. The lowest BCUT2D eigenvalue weighted by atomic mass is 10.1. The average molecular weight is 556 g/mol. The van der Waals surface area contributed by atoms with Crippen molar-refractivity contribution in [2.75, 3.05) is 27.4 Å². The molecule has 1 heterocycles. The first-order chi connectivity index (χ1) is 20.1.